The number of rotatable bonds is 5. The summed E-state index contributed by atoms with van der Waals surface area (Å²) < 4.78 is 19.9. The molecule has 0 bridgehead atoms. The van der Waals surface area contributed by atoms with Crippen LogP contribution in [0.1, 0.15) is 40.8 Å². The number of aromatic amines is 1. The molecule has 2 fully saturated rings. The summed E-state index contributed by atoms with van der Waals surface area (Å²) in [6, 6.07) is 4.39. The van der Waals surface area contributed by atoms with E-state index >= 15 is 0 Å². The first-order valence-electron chi connectivity index (χ1n) is 10.3. The predicted octanol–water partition coefficient (Wildman–Crippen LogP) is 1.97. The van der Waals surface area contributed by atoms with Gasteiger partial charge in [0.1, 0.15) is 32.5 Å². The summed E-state index contributed by atoms with van der Waals surface area (Å²) in [5.74, 6) is 2.13. The Kier molecular flexibility index (Phi) is 7.01. The van der Waals surface area contributed by atoms with Crippen molar-refractivity contribution in [2.45, 2.75) is 89.2 Å². The van der Waals surface area contributed by atoms with Gasteiger partial charge in [0.2, 0.25) is 0 Å². The Morgan fingerprint density at radius 3 is 2.40 bits per heavy atom. The van der Waals surface area contributed by atoms with E-state index in [1.54, 1.807) is 13.8 Å². The molecule has 2 saturated heterocycles. The highest BCUT2D eigenvalue weighted by atomic mass is 127. The quantitative estimate of drug-likeness (QED) is 0.253. The highest BCUT2D eigenvalue weighted by Crippen LogP contribution is 2.43. The second-order valence-corrected chi connectivity index (χ2v) is 14.3. The Labute approximate surface area is 190 Å². The molecule has 0 saturated carbocycles. The van der Waals surface area contributed by atoms with E-state index in [1.807, 2.05) is 22.6 Å². The van der Waals surface area contributed by atoms with Gasteiger partial charge in [-0.15, -0.1) is 5.54 Å². The van der Waals surface area contributed by atoms with Crippen molar-refractivity contribution in [3.8, 4) is 11.5 Å². The summed E-state index contributed by atoms with van der Waals surface area (Å²) in [7, 11) is -1.74. The monoisotopic (exact) mass is 548 g/mol. The van der Waals surface area contributed by atoms with E-state index in [1.165, 1.54) is 10.6 Å². The van der Waals surface area contributed by atoms with Gasteiger partial charge in [0, 0.05) is 6.07 Å². The van der Waals surface area contributed by atoms with Crippen molar-refractivity contribution < 1.29 is 19.3 Å². The maximum absolute atomic E-state index is 12.5. The molecule has 10 heteroatoms. The van der Waals surface area contributed by atoms with E-state index in [2.05, 4.69) is 37.2 Å². The Bertz CT molecular complexity index is 952. The molecule has 0 amide bonds. The van der Waals surface area contributed by atoms with Gasteiger partial charge < -0.3 is 19.3 Å². The molecule has 0 spiro atoms. The SMILES string of the molecule is CC[Si](C#C[C@@H](O)[C@H]1O[C@@H](n2c(I)cc(=O)[nH]c2=O)[C@@H]2OC(C)(C)O[C@@H]21)(CC)CC. The minimum atomic E-state index is -1.74. The molecule has 2 aliphatic rings. The minimum Gasteiger partial charge on any atom is -0.378 e. The van der Waals surface area contributed by atoms with Crippen molar-refractivity contribution in [3.63, 3.8) is 0 Å². The second kappa shape index (κ2) is 8.88. The lowest BCUT2D eigenvalue weighted by Crippen LogP contribution is -2.39. The first-order valence-corrected chi connectivity index (χ1v) is 14.0. The Morgan fingerprint density at radius 2 is 1.83 bits per heavy atom. The molecule has 8 nitrogen and oxygen atoms in total. The van der Waals surface area contributed by atoms with Gasteiger partial charge in [-0.25, -0.2) is 4.79 Å². The average molecular weight is 548 g/mol. The van der Waals surface area contributed by atoms with Crippen molar-refractivity contribution in [1.82, 2.24) is 9.55 Å². The van der Waals surface area contributed by atoms with E-state index in [4.69, 9.17) is 14.2 Å². The number of aliphatic hydroxyl groups excluding tert-OH is 1. The number of ether oxygens (including phenoxy) is 3. The fraction of sp³-hybridized carbons (Fsp3) is 0.700. The Hall–Kier alpha value is -0.973. The van der Waals surface area contributed by atoms with Crippen LogP contribution in [0.25, 0.3) is 0 Å². The largest absolute Gasteiger partial charge is 0.378 e. The molecular weight excluding hydrogens is 519 g/mol. The number of nitrogens with one attached hydrogen (secondary N) is 1. The molecule has 0 radical (unpaired) electrons. The van der Waals surface area contributed by atoms with Crippen LogP contribution in [-0.4, -0.2) is 52.9 Å². The van der Waals surface area contributed by atoms with Crippen molar-refractivity contribution in [1.29, 1.82) is 0 Å². The third kappa shape index (κ3) is 4.47. The number of halogens is 1. The highest BCUT2D eigenvalue weighted by molar-refractivity contribution is 14.1. The number of nitrogens with zero attached hydrogens (tertiary/aromatic N) is 1. The van der Waals surface area contributed by atoms with Crippen molar-refractivity contribution in [2.24, 2.45) is 0 Å². The zero-order chi connectivity index (χ0) is 22.3. The molecule has 1 aromatic heterocycles. The van der Waals surface area contributed by atoms with Crippen LogP contribution in [0.15, 0.2) is 15.7 Å². The molecule has 2 aliphatic heterocycles. The fourth-order valence-corrected chi connectivity index (χ4v) is 7.37. The standard InChI is InChI=1S/C20H29IN2O6Si/c1-6-30(7-2,8-3)10-9-12(24)15-16-17(29-20(4,5)28-16)18(27-15)23-13(21)11-14(25)22-19(23)26/h11-12,15-18,24H,6-8H2,1-5H3,(H,22,25,26)/t12-,15-,16-,17-,18-/m1/s1. The van der Waals surface area contributed by atoms with Gasteiger partial charge in [-0.1, -0.05) is 26.7 Å². The molecule has 0 aliphatic carbocycles. The number of hydrogen-bond donors (Lipinski definition) is 2. The van der Waals surface area contributed by atoms with Crippen LogP contribution in [0.3, 0.4) is 0 Å². The summed E-state index contributed by atoms with van der Waals surface area (Å²) >= 11 is 1.91. The zero-order valence-corrected chi connectivity index (χ0v) is 21.1. The predicted molar refractivity (Wildman–Crippen MR) is 123 cm³/mol. The summed E-state index contributed by atoms with van der Waals surface area (Å²) in [6.07, 6.45) is -3.91. The van der Waals surface area contributed by atoms with Crippen LogP contribution in [0, 0.1) is 15.2 Å². The van der Waals surface area contributed by atoms with E-state index in [0.29, 0.717) is 3.70 Å². The van der Waals surface area contributed by atoms with Crippen LogP contribution in [0.2, 0.25) is 18.1 Å². The second-order valence-electron chi connectivity index (χ2n) is 8.24. The van der Waals surface area contributed by atoms with Gasteiger partial charge in [0.25, 0.3) is 5.56 Å². The van der Waals surface area contributed by atoms with Gasteiger partial charge in [-0.05, 0) is 54.6 Å². The van der Waals surface area contributed by atoms with Crippen LogP contribution in [0.5, 0.6) is 0 Å². The van der Waals surface area contributed by atoms with Crippen LogP contribution >= 0.6 is 22.6 Å². The first-order chi connectivity index (χ1) is 14.1. The fourth-order valence-electron chi connectivity index (χ4n) is 4.11. The van der Waals surface area contributed by atoms with E-state index in [0.717, 1.165) is 18.1 Å². The molecule has 3 rings (SSSR count). The Balaban J connectivity index is 1.96. The van der Waals surface area contributed by atoms with Gasteiger partial charge in [-0.2, -0.15) is 0 Å². The first kappa shape index (κ1) is 23.7. The lowest BCUT2D eigenvalue weighted by molar-refractivity contribution is -0.204. The van der Waals surface area contributed by atoms with Gasteiger partial charge in [0.05, 0.1) is 3.70 Å². The maximum atomic E-state index is 12.5. The average Bonchev–Trinajstić information content (AvgIpc) is 3.16. The molecule has 30 heavy (non-hydrogen) atoms. The smallest absolute Gasteiger partial charge is 0.331 e. The summed E-state index contributed by atoms with van der Waals surface area (Å²) in [5.41, 5.74) is 2.31. The summed E-state index contributed by atoms with van der Waals surface area (Å²) in [4.78, 5) is 26.4. The van der Waals surface area contributed by atoms with Crippen molar-refractivity contribution in [3.05, 3.63) is 30.6 Å². The highest BCUT2D eigenvalue weighted by Gasteiger charge is 2.58. The molecule has 0 unspecified atom stereocenters. The number of fused-ring (bicyclic) bond motifs is 1. The third-order valence-electron chi connectivity index (χ3n) is 6.08. The van der Waals surface area contributed by atoms with Crippen molar-refractivity contribution >= 4 is 30.7 Å². The number of hydrogen-bond acceptors (Lipinski definition) is 6. The van der Waals surface area contributed by atoms with Gasteiger partial charge in [0.15, 0.2) is 12.0 Å². The van der Waals surface area contributed by atoms with Gasteiger partial charge >= 0.3 is 5.69 Å². The topological polar surface area (TPSA) is 103 Å². The van der Waals surface area contributed by atoms with Crippen LogP contribution in [0.4, 0.5) is 0 Å². The maximum Gasteiger partial charge on any atom is 0.331 e. The van der Waals surface area contributed by atoms with Crippen LogP contribution < -0.4 is 11.2 Å². The minimum absolute atomic E-state index is 0.411. The number of H-pyrrole nitrogens is 1. The Morgan fingerprint density at radius 1 is 1.23 bits per heavy atom. The third-order valence-corrected chi connectivity index (χ3v) is 11.6. The zero-order valence-electron chi connectivity index (χ0n) is 17.9. The van der Waals surface area contributed by atoms with E-state index in [9.17, 15) is 14.7 Å². The molecule has 3 heterocycles. The lowest BCUT2D eigenvalue weighted by atomic mass is 10.1. The summed E-state index contributed by atoms with van der Waals surface area (Å²) in [5, 5.41) is 10.9. The molecule has 0 aromatic carbocycles. The summed E-state index contributed by atoms with van der Waals surface area (Å²) in [6.45, 7) is 10.0. The molecular formula is C20H29IN2O6Si. The van der Waals surface area contributed by atoms with Gasteiger partial charge in [-0.3, -0.25) is 14.3 Å². The van der Waals surface area contributed by atoms with Crippen molar-refractivity contribution in [2.75, 3.05) is 0 Å². The van der Waals surface area contributed by atoms with E-state index < -0.39 is 55.8 Å². The lowest BCUT2D eigenvalue weighted by Gasteiger charge is -2.26. The molecule has 2 N–H and O–H groups in total. The van der Waals surface area contributed by atoms with Crippen LogP contribution in [-0.2, 0) is 14.2 Å². The number of aliphatic hydroxyl groups is 1. The number of aromatic nitrogens is 2. The molecule has 1 aromatic rings. The normalized spacial score (nSPS) is 28.6. The molecule has 5 atom stereocenters. The molecule has 166 valence electrons. The van der Waals surface area contributed by atoms with E-state index in [-0.39, 0.29) is 0 Å².